The molecule has 0 N–H and O–H groups in total. The first-order chi connectivity index (χ1) is 10.2. The topological polar surface area (TPSA) is 43.7 Å². The number of ether oxygens (including phenoxy) is 2. The fourth-order valence-corrected chi connectivity index (χ4v) is 3.37. The van der Waals surface area contributed by atoms with Gasteiger partial charge >= 0.3 is 0 Å². The number of hydrogen-bond acceptors (Lipinski definition) is 3. The Morgan fingerprint density at radius 2 is 2.43 bits per heavy atom. The molecule has 0 aromatic carbocycles. The van der Waals surface area contributed by atoms with E-state index < -0.39 is 0 Å². The van der Waals surface area contributed by atoms with Crippen LogP contribution in [0, 0.1) is 0 Å². The van der Waals surface area contributed by atoms with Crippen LogP contribution in [0.3, 0.4) is 0 Å². The van der Waals surface area contributed by atoms with Gasteiger partial charge in [0.1, 0.15) is 11.8 Å². The van der Waals surface area contributed by atoms with Crippen molar-refractivity contribution in [2.24, 2.45) is 7.05 Å². The normalized spacial score (nSPS) is 28.4. The molecular weight excluding hydrogens is 268 g/mol. The van der Waals surface area contributed by atoms with E-state index in [-0.39, 0.29) is 24.2 Å². The van der Waals surface area contributed by atoms with E-state index in [4.69, 9.17) is 9.47 Å². The van der Waals surface area contributed by atoms with Crippen molar-refractivity contribution in [3.8, 4) is 0 Å². The summed E-state index contributed by atoms with van der Waals surface area (Å²) < 4.78 is 13.6. The van der Waals surface area contributed by atoms with Gasteiger partial charge in [-0.1, -0.05) is 6.08 Å². The van der Waals surface area contributed by atoms with Crippen LogP contribution in [-0.4, -0.2) is 53.4 Å². The molecule has 5 nitrogen and oxygen atoms in total. The van der Waals surface area contributed by atoms with Crippen LogP contribution in [0.4, 0.5) is 0 Å². The largest absolute Gasteiger partial charge is 0.374 e. The molecule has 3 rings (SSSR count). The van der Waals surface area contributed by atoms with Gasteiger partial charge in [-0.2, -0.15) is 0 Å². The van der Waals surface area contributed by atoms with Crippen molar-refractivity contribution in [1.29, 1.82) is 0 Å². The van der Waals surface area contributed by atoms with Crippen molar-refractivity contribution in [1.82, 2.24) is 9.47 Å². The van der Waals surface area contributed by atoms with Crippen molar-refractivity contribution < 1.29 is 14.3 Å². The van der Waals surface area contributed by atoms with Crippen molar-refractivity contribution in [3.05, 3.63) is 36.7 Å². The van der Waals surface area contributed by atoms with Gasteiger partial charge in [0, 0.05) is 19.8 Å². The molecule has 5 heteroatoms. The van der Waals surface area contributed by atoms with Crippen molar-refractivity contribution >= 4 is 5.91 Å². The summed E-state index contributed by atoms with van der Waals surface area (Å²) in [5.74, 6) is 0.0610. The van der Waals surface area contributed by atoms with E-state index in [1.165, 1.54) is 0 Å². The first kappa shape index (κ1) is 14.4. The van der Waals surface area contributed by atoms with Gasteiger partial charge in [0.05, 0.1) is 25.4 Å². The summed E-state index contributed by atoms with van der Waals surface area (Å²) in [5, 5.41) is 0. The second-order valence-corrected chi connectivity index (χ2v) is 5.64. The predicted molar refractivity (Wildman–Crippen MR) is 79.1 cm³/mol. The number of amides is 1. The summed E-state index contributed by atoms with van der Waals surface area (Å²) in [6.07, 6.45) is 5.57. The third kappa shape index (κ3) is 2.63. The third-order valence-corrected chi connectivity index (χ3v) is 4.39. The smallest absolute Gasteiger partial charge is 0.270 e. The molecule has 2 bridgehead atoms. The molecule has 0 radical (unpaired) electrons. The Kier molecular flexibility index (Phi) is 4.12. The average molecular weight is 290 g/mol. The predicted octanol–water partition coefficient (Wildman–Crippen LogP) is 1.60. The number of hydrogen-bond donors (Lipinski definition) is 0. The molecule has 114 valence electrons. The van der Waals surface area contributed by atoms with Crippen molar-refractivity contribution in [2.45, 2.75) is 31.1 Å². The monoisotopic (exact) mass is 290 g/mol. The van der Waals surface area contributed by atoms with E-state index in [2.05, 4.69) is 6.58 Å². The Balaban J connectivity index is 1.82. The van der Waals surface area contributed by atoms with Crippen LogP contribution < -0.4 is 0 Å². The Morgan fingerprint density at radius 3 is 3.14 bits per heavy atom. The Labute approximate surface area is 125 Å². The highest BCUT2D eigenvalue weighted by molar-refractivity contribution is 5.93. The highest BCUT2D eigenvalue weighted by atomic mass is 16.5. The molecule has 2 aliphatic rings. The fraction of sp³-hybridized carbons (Fsp3) is 0.562. The van der Waals surface area contributed by atoms with Crippen LogP contribution >= 0.6 is 0 Å². The molecule has 1 aromatic rings. The van der Waals surface area contributed by atoms with Crippen LogP contribution in [0.5, 0.6) is 0 Å². The average Bonchev–Trinajstić information content (AvgIpc) is 3.00. The van der Waals surface area contributed by atoms with E-state index in [9.17, 15) is 4.79 Å². The lowest BCUT2D eigenvalue weighted by Gasteiger charge is -2.31. The Hall–Kier alpha value is -1.59. The minimum atomic E-state index is -0.0466. The van der Waals surface area contributed by atoms with Gasteiger partial charge in [0.15, 0.2) is 0 Å². The van der Waals surface area contributed by atoms with Crippen LogP contribution in [0.15, 0.2) is 31.0 Å². The lowest BCUT2D eigenvalue weighted by atomic mass is 10.1. The van der Waals surface area contributed by atoms with E-state index in [0.29, 0.717) is 25.5 Å². The molecule has 0 spiro atoms. The zero-order chi connectivity index (χ0) is 14.8. The molecule has 1 saturated carbocycles. The van der Waals surface area contributed by atoms with Gasteiger partial charge < -0.3 is 18.9 Å². The van der Waals surface area contributed by atoms with Crippen molar-refractivity contribution in [2.75, 3.05) is 19.8 Å². The summed E-state index contributed by atoms with van der Waals surface area (Å²) in [6.45, 7) is 5.39. The van der Waals surface area contributed by atoms with Crippen molar-refractivity contribution in [3.63, 3.8) is 0 Å². The van der Waals surface area contributed by atoms with E-state index >= 15 is 0 Å². The fourth-order valence-electron chi connectivity index (χ4n) is 3.37. The van der Waals surface area contributed by atoms with Crippen LogP contribution in [0.2, 0.25) is 0 Å². The number of aryl methyl sites for hydroxylation is 1. The molecule has 1 amide bonds. The van der Waals surface area contributed by atoms with Gasteiger partial charge in [0.25, 0.3) is 5.91 Å². The maximum atomic E-state index is 12.8. The second-order valence-electron chi connectivity index (χ2n) is 5.64. The lowest BCUT2D eigenvalue weighted by molar-refractivity contribution is -0.0435. The van der Waals surface area contributed by atoms with Gasteiger partial charge in [-0.3, -0.25) is 4.79 Å². The summed E-state index contributed by atoms with van der Waals surface area (Å²) in [6, 6.07) is 3.85. The minimum Gasteiger partial charge on any atom is -0.374 e. The molecule has 2 fully saturated rings. The highest BCUT2D eigenvalue weighted by Crippen LogP contribution is 2.32. The van der Waals surface area contributed by atoms with Crippen LogP contribution in [0.1, 0.15) is 23.3 Å². The second kappa shape index (κ2) is 6.03. The zero-order valence-corrected chi connectivity index (χ0v) is 12.4. The maximum Gasteiger partial charge on any atom is 0.270 e. The molecule has 1 aromatic heterocycles. The molecule has 3 atom stereocenters. The summed E-state index contributed by atoms with van der Waals surface area (Å²) in [4.78, 5) is 14.7. The number of nitrogens with zero attached hydrogens (tertiary/aromatic N) is 2. The number of aromatic nitrogens is 1. The Morgan fingerprint density at radius 1 is 1.57 bits per heavy atom. The number of carbonyl (C=O) groups is 1. The molecule has 21 heavy (non-hydrogen) atoms. The van der Waals surface area contributed by atoms with Gasteiger partial charge in [-0.05, 0) is 25.0 Å². The standard InChI is InChI=1S/C16H22N2O3/c1-3-10-21-15-12-6-7-14(15)20-11-9-18(12)16(19)13-5-4-8-17(13)2/h3-5,8,12,14-15H,1,6-7,9-11H2,2H3/t12-,14-,15+/m1/s1. The molecule has 1 aliphatic heterocycles. The maximum absolute atomic E-state index is 12.8. The van der Waals surface area contributed by atoms with Gasteiger partial charge in [0.2, 0.25) is 0 Å². The number of rotatable bonds is 4. The number of carbonyl (C=O) groups excluding carboxylic acids is 1. The first-order valence-electron chi connectivity index (χ1n) is 7.48. The minimum absolute atomic E-state index is 0.0466. The molecule has 1 aliphatic carbocycles. The van der Waals surface area contributed by atoms with E-state index in [0.717, 1.165) is 12.8 Å². The summed E-state index contributed by atoms with van der Waals surface area (Å²) in [5.41, 5.74) is 0.711. The van der Waals surface area contributed by atoms with Gasteiger partial charge in [-0.15, -0.1) is 6.58 Å². The lowest BCUT2D eigenvalue weighted by Crippen LogP contribution is -2.47. The zero-order valence-electron chi connectivity index (χ0n) is 12.4. The highest BCUT2D eigenvalue weighted by Gasteiger charge is 2.44. The quantitative estimate of drug-likeness (QED) is 0.791. The third-order valence-electron chi connectivity index (χ3n) is 4.39. The summed E-state index contributed by atoms with van der Waals surface area (Å²) >= 11 is 0. The summed E-state index contributed by atoms with van der Waals surface area (Å²) in [7, 11) is 1.89. The molecular formula is C16H22N2O3. The van der Waals surface area contributed by atoms with Gasteiger partial charge in [-0.25, -0.2) is 0 Å². The molecule has 0 unspecified atom stereocenters. The van der Waals surface area contributed by atoms with Crippen LogP contribution in [-0.2, 0) is 16.5 Å². The van der Waals surface area contributed by atoms with E-state index in [1.807, 2.05) is 34.8 Å². The van der Waals surface area contributed by atoms with Crippen LogP contribution in [0.25, 0.3) is 0 Å². The SMILES string of the molecule is C=CCO[C@H]1[C@H]2CC[C@H]1OCCN2C(=O)c1cccn1C. The Bertz CT molecular complexity index is 525. The molecule has 1 saturated heterocycles. The van der Waals surface area contributed by atoms with E-state index in [1.54, 1.807) is 6.08 Å². The number of fused-ring (bicyclic) bond motifs is 2. The molecule has 2 heterocycles. The first-order valence-corrected chi connectivity index (χ1v) is 7.48.